The molecule has 1 aromatic heterocycles. The van der Waals surface area contributed by atoms with Gasteiger partial charge in [0.25, 0.3) is 0 Å². The molecule has 2 heterocycles. The summed E-state index contributed by atoms with van der Waals surface area (Å²) in [6.45, 7) is 3.46. The van der Waals surface area contributed by atoms with Gasteiger partial charge in [0.15, 0.2) is 0 Å². The average Bonchev–Trinajstić information content (AvgIpc) is 3.16. The number of nitrogens with two attached hydrogens (primary N) is 1. The van der Waals surface area contributed by atoms with Crippen LogP contribution in [0, 0.1) is 5.92 Å². The minimum absolute atomic E-state index is 0. The van der Waals surface area contributed by atoms with Crippen LogP contribution in [0.1, 0.15) is 18.4 Å². The zero-order chi connectivity index (χ0) is 17.6. The standard InChI is InChI=1S/C17H23ClN6O.ClH/c18-15-4-3-13(16(8-15)24-12-20-11-22-24)9-23-7-1-2-14(10-23)17(25)21-6-5-19;/h3-4,8,11-12,14H,1-2,5-7,9-10,19H2,(H,21,25);1H. The molecular formula is C17H24Cl2N6O. The van der Waals surface area contributed by atoms with Crippen LogP contribution in [-0.2, 0) is 11.3 Å². The highest BCUT2D eigenvalue weighted by atomic mass is 35.5. The molecule has 3 rings (SSSR count). The fourth-order valence-corrected chi connectivity index (χ4v) is 3.38. The van der Waals surface area contributed by atoms with Gasteiger partial charge < -0.3 is 11.1 Å². The molecule has 1 unspecified atom stereocenters. The zero-order valence-corrected chi connectivity index (χ0v) is 16.0. The Labute approximate surface area is 164 Å². The summed E-state index contributed by atoms with van der Waals surface area (Å²) < 4.78 is 1.72. The number of halogens is 2. The number of nitrogens with one attached hydrogen (secondary N) is 1. The normalized spacial score (nSPS) is 17.5. The molecule has 1 aliphatic heterocycles. The van der Waals surface area contributed by atoms with Crippen LogP contribution in [0.15, 0.2) is 30.9 Å². The van der Waals surface area contributed by atoms with E-state index in [1.165, 1.54) is 6.33 Å². The maximum atomic E-state index is 12.2. The van der Waals surface area contributed by atoms with Gasteiger partial charge >= 0.3 is 0 Å². The fourth-order valence-electron chi connectivity index (χ4n) is 3.21. The number of amides is 1. The van der Waals surface area contributed by atoms with E-state index in [9.17, 15) is 4.79 Å². The minimum Gasteiger partial charge on any atom is -0.355 e. The summed E-state index contributed by atoms with van der Waals surface area (Å²) >= 11 is 6.15. The van der Waals surface area contributed by atoms with E-state index in [0.717, 1.165) is 43.7 Å². The van der Waals surface area contributed by atoms with Crippen LogP contribution in [0.25, 0.3) is 5.69 Å². The molecule has 26 heavy (non-hydrogen) atoms. The lowest BCUT2D eigenvalue weighted by atomic mass is 9.96. The molecule has 2 aromatic rings. The molecule has 0 radical (unpaired) electrons. The predicted octanol–water partition coefficient (Wildman–Crippen LogP) is 1.63. The van der Waals surface area contributed by atoms with Gasteiger partial charge in [-0.2, -0.15) is 5.10 Å². The van der Waals surface area contributed by atoms with Crippen molar-refractivity contribution in [3.05, 3.63) is 41.4 Å². The van der Waals surface area contributed by atoms with Crippen LogP contribution >= 0.6 is 24.0 Å². The number of benzene rings is 1. The van der Waals surface area contributed by atoms with Crippen molar-refractivity contribution in [1.82, 2.24) is 25.0 Å². The number of aromatic nitrogens is 3. The highest BCUT2D eigenvalue weighted by Crippen LogP contribution is 2.24. The Bertz CT molecular complexity index is 709. The van der Waals surface area contributed by atoms with Crippen molar-refractivity contribution in [3.8, 4) is 5.69 Å². The second-order valence-electron chi connectivity index (χ2n) is 6.27. The molecule has 1 amide bonds. The van der Waals surface area contributed by atoms with Crippen molar-refractivity contribution in [2.75, 3.05) is 26.2 Å². The van der Waals surface area contributed by atoms with Crippen LogP contribution in [0.5, 0.6) is 0 Å². The first-order valence-electron chi connectivity index (χ1n) is 8.51. The van der Waals surface area contributed by atoms with Crippen LogP contribution in [0.4, 0.5) is 0 Å². The summed E-state index contributed by atoms with van der Waals surface area (Å²) in [6.07, 6.45) is 5.09. The van der Waals surface area contributed by atoms with Crippen LogP contribution in [0.2, 0.25) is 5.02 Å². The number of hydrogen-bond donors (Lipinski definition) is 2. The van der Waals surface area contributed by atoms with Gasteiger partial charge in [-0.05, 0) is 37.1 Å². The molecule has 3 N–H and O–H groups in total. The smallest absolute Gasteiger partial charge is 0.224 e. The molecule has 1 saturated heterocycles. The molecule has 1 atom stereocenters. The van der Waals surface area contributed by atoms with Gasteiger partial charge in [0.1, 0.15) is 12.7 Å². The molecule has 7 nitrogen and oxygen atoms in total. The van der Waals surface area contributed by atoms with Gasteiger partial charge in [-0.3, -0.25) is 9.69 Å². The summed E-state index contributed by atoms with van der Waals surface area (Å²) in [6, 6.07) is 5.78. The van der Waals surface area contributed by atoms with E-state index in [2.05, 4.69) is 20.3 Å². The summed E-state index contributed by atoms with van der Waals surface area (Å²) in [5, 5.41) is 7.77. The van der Waals surface area contributed by atoms with E-state index >= 15 is 0 Å². The number of carbonyl (C=O) groups excluding carboxylic acids is 1. The lowest BCUT2D eigenvalue weighted by Crippen LogP contribution is -2.43. The number of rotatable bonds is 6. The number of carbonyl (C=O) groups is 1. The number of nitrogens with zero attached hydrogens (tertiary/aromatic N) is 4. The highest BCUT2D eigenvalue weighted by molar-refractivity contribution is 6.30. The van der Waals surface area contributed by atoms with Crippen LogP contribution in [0.3, 0.4) is 0 Å². The second-order valence-corrected chi connectivity index (χ2v) is 6.70. The lowest BCUT2D eigenvalue weighted by molar-refractivity contribution is -0.126. The van der Waals surface area contributed by atoms with Crippen molar-refractivity contribution >= 4 is 29.9 Å². The molecule has 0 spiro atoms. The van der Waals surface area contributed by atoms with Gasteiger partial charge in [0, 0.05) is 31.2 Å². The Morgan fingerprint density at radius 2 is 2.27 bits per heavy atom. The van der Waals surface area contributed by atoms with Crippen molar-refractivity contribution in [1.29, 1.82) is 0 Å². The van der Waals surface area contributed by atoms with E-state index in [-0.39, 0.29) is 24.2 Å². The highest BCUT2D eigenvalue weighted by Gasteiger charge is 2.26. The molecule has 142 valence electrons. The molecule has 1 aliphatic rings. The Hall–Kier alpha value is -1.67. The average molecular weight is 399 g/mol. The largest absolute Gasteiger partial charge is 0.355 e. The number of piperidine rings is 1. The van der Waals surface area contributed by atoms with E-state index in [1.807, 2.05) is 18.2 Å². The molecule has 0 saturated carbocycles. The Morgan fingerprint density at radius 1 is 1.42 bits per heavy atom. The molecule has 0 aliphatic carbocycles. The molecular weight excluding hydrogens is 375 g/mol. The lowest BCUT2D eigenvalue weighted by Gasteiger charge is -2.32. The first kappa shape index (κ1) is 20.6. The first-order chi connectivity index (χ1) is 12.2. The molecule has 1 fully saturated rings. The van der Waals surface area contributed by atoms with E-state index in [1.54, 1.807) is 11.0 Å². The quantitative estimate of drug-likeness (QED) is 0.771. The van der Waals surface area contributed by atoms with Gasteiger partial charge in [0.2, 0.25) is 5.91 Å². The Morgan fingerprint density at radius 3 is 3.00 bits per heavy atom. The summed E-state index contributed by atoms with van der Waals surface area (Å²) in [7, 11) is 0. The number of hydrogen-bond acceptors (Lipinski definition) is 5. The summed E-state index contributed by atoms with van der Waals surface area (Å²) in [5.41, 5.74) is 7.49. The Balaban J connectivity index is 0.00000243. The van der Waals surface area contributed by atoms with Crippen molar-refractivity contribution in [2.45, 2.75) is 19.4 Å². The third-order valence-electron chi connectivity index (χ3n) is 4.43. The van der Waals surface area contributed by atoms with Gasteiger partial charge in [-0.1, -0.05) is 17.7 Å². The molecule has 9 heteroatoms. The Kier molecular flexibility index (Phi) is 7.84. The zero-order valence-electron chi connectivity index (χ0n) is 14.5. The van der Waals surface area contributed by atoms with Crippen molar-refractivity contribution < 1.29 is 4.79 Å². The predicted molar refractivity (Wildman–Crippen MR) is 104 cm³/mol. The monoisotopic (exact) mass is 398 g/mol. The third kappa shape index (κ3) is 5.17. The maximum Gasteiger partial charge on any atom is 0.224 e. The van der Waals surface area contributed by atoms with Crippen molar-refractivity contribution in [2.24, 2.45) is 11.7 Å². The summed E-state index contributed by atoms with van der Waals surface area (Å²) in [4.78, 5) is 18.5. The van der Waals surface area contributed by atoms with Crippen LogP contribution in [-0.4, -0.2) is 51.8 Å². The van der Waals surface area contributed by atoms with Gasteiger partial charge in [0.05, 0.1) is 11.6 Å². The molecule has 0 bridgehead atoms. The van der Waals surface area contributed by atoms with Crippen LogP contribution < -0.4 is 11.1 Å². The minimum atomic E-state index is 0. The first-order valence-corrected chi connectivity index (χ1v) is 8.88. The summed E-state index contributed by atoms with van der Waals surface area (Å²) in [5.74, 6) is 0.116. The SMILES string of the molecule is Cl.NCCNC(=O)C1CCCN(Cc2ccc(Cl)cc2-n2cncn2)C1. The second kappa shape index (κ2) is 9.87. The third-order valence-corrected chi connectivity index (χ3v) is 4.66. The van der Waals surface area contributed by atoms with Gasteiger partial charge in [-0.15, -0.1) is 12.4 Å². The molecule has 1 aromatic carbocycles. The number of likely N-dealkylation sites (tertiary alicyclic amines) is 1. The van der Waals surface area contributed by atoms with E-state index in [0.29, 0.717) is 18.1 Å². The van der Waals surface area contributed by atoms with E-state index < -0.39 is 0 Å². The maximum absolute atomic E-state index is 12.2. The fraction of sp³-hybridized carbons (Fsp3) is 0.471. The van der Waals surface area contributed by atoms with Gasteiger partial charge in [-0.25, -0.2) is 9.67 Å². The van der Waals surface area contributed by atoms with E-state index in [4.69, 9.17) is 17.3 Å². The topological polar surface area (TPSA) is 89.1 Å². The van der Waals surface area contributed by atoms with Crippen molar-refractivity contribution in [3.63, 3.8) is 0 Å².